The summed E-state index contributed by atoms with van der Waals surface area (Å²) in [6.07, 6.45) is -1.05. The fraction of sp³-hybridized carbons (Fsp3) is 0.917. The first kappa shape index (κ1) is 14.6. The molecular weight excluding hydrogens is 259 g/mol. The van der Waals surface area contributed by atoms with Gasteiger partial charge in [0.1, 0.15) is 0 Å². The van der Waals surface area contributed by atoms with Crippen molar-refractivity contribution in [3.8, 4) is 0 Å². The van der Waals surface area contributed by atoms with E-state index in [1.165, 1.54) is 4.90 Å². The van der Waals surface area contributed by atoms with Crippen LogP contribution in [0.25, 0.3) is 0 Å². The van der Waals surface area contributed by atoms with E-state index in [4.69, 9.17) is 5.73 Å². The fourth-order valence-corrected chi connectivity index (χ4v) is 2.63. The minimum absolute atomic E-state index is 0.0196. The molecule has 1 amide bonds. The van der Waals surface area contributed by atoms with Gasteiger partial charge >= 0.3 is 6.18 Å². The molecule has 0 bridgehead atoms. The number of nitrogens with two attached hydrogens (primary N) is 1. The molecule has 4 nitrogen and oxygen atoms in total. The Bertz CT molecular complexity index is 334. The van der Waals surface area contributed by atoms with Crippen molar-refractivity contribution < 1.29 is 18.0 Å². The molecule has 0 aromatic carbocycles. The smallest absolute Gasteiger partial charge is 0.340 e. The van der Waals surface area contributed by atoms with E-state index in [0.29, 0.717) is 19.5 Å². The zero-order chi connectivity index (χ0) is 14.1. The van der Waals surface area contributed by atoms with Gasteiger partial charge in [0, 0.05) is 38.1 Å². The Balaban J connectivity index is 1.75. The summed E-state index contributed by atoms with van der Waals surface area (Å²) >= 11 is 0. The molecule has 7 heteroatoms. The summed E-state index contributed by atoms with van der Waals surface area (Å²) in [4.78, 5) is 15.0. The van der Waals surface area contributed by atoms with E-state index in [-0.39, 0.29) is 24.5 Å². The van der Waals surface area contributed by atoms with E-state index in [2.05, 4.69) is 0 Å². The highest BCUT2D eigenvalue weighted by Crippen LogP contribution is 2.32. The largest absolute Gasteiger partial charge is 0.401 e. The third-order valence-electron chi connectivity index (χ3n) is 3.98. The third-order valence-corrected chi connectivity index (χ3v) is 3.98. The highest BCUT2D eigenvalue weighted by atomic mass is 19.4. The fourth-order valence-electron chi connectivity index (χ4n) is 2.63. The summed E-state index contributed by atoms with van der Waals surface area (Å²) < 4.78 is 36.7. The van der Waals surface area contributed by atoms with Crippen LogP contribution in [0.15, 0.2) is 0 Å². The van der Waals surface area contributed by atoms with Gasteiger partial charge in [0.15, 0.2) is 0 Å². The molecule has 1 saturated heterocycles. The monoisotopic (exact) mass is 279 g/mol. The maximum Gasteiger partial charge on any atom is 0.401 e. The van der Waals surface area contributed by atoms with Crippen LogP contribution in [-0.4, -0.2) is 60.1 Å². The standard InChI is InChI=1S/C12H20F3N3O/c13-12(14,15)9-17-4-6-18(7-5-17)10(19)8-11(16)2-1-3-11/h1-9,16H2. The topological polar surface area (TPSA) is 49.6 Å². The summed E-state index contributed by atoms with van der Waals surface area (Å²) in [5, 5.41) is 0. The third kappa shape index (κ3) is 4.07. The van der Waals surface area contributed by atoms with Gasteiger partial charge in [-0.25, -0.2) is 0 Å². The highest BCUT2D eigenvalue weighted by molar-refractivity contribution is 5.77. The Hall–Kier alpha value is -0.820. The van der Waals surface area contributed by atoms with Crippen LogP contribution in [0.3, 0.4) is 0 Å². The Morgan fingerprint density at radius 2 is 1.74 bits per heavy atom. The second kappa shape index (κ2) is 5.28. The van der Waals surface area contributed by atoms with E-state index < -0.39 is 12.7 Å². The zero-order valence-electron chi connectivity index (χ0n) is 10.9. The molecule has 2 aliphatic rings. The van der Waals surface area contributed by atoms with Crippen LogP contribution in [0.2, 0.25) is 0 Å². The van der Waals surface area contributed by atoms with Gasteiger partial charge in [0.25, 0.3) is 0 Å². The van der Waals surface area contributed by atoms with E-state index in [1.54, 1.807) is 4.90 Å². The lowest BCUT2D eigenvalue weighted by Gasteiger charge is -2.41. The molecule has 1 aliphatic carbocycles. The van der Waals surface area contributed by atoms with Crippen molar-refractivity contribution in [1.82, 2.24) is 9.80 Å². The van der Waals surface area contributed by atoms with Gasteiger partial charge in [0.2, 0.25) is 5.91 Å². The maximum atomic E-state index is 12.2. The summed E-state index contributed by atoms with van der Waals surface area (Å²) in [5.74, 6) is -0.0196. The van der Waals surface area contributed by atoms with Crippen molar-refractivity contribution >= 4 is 5.91 Å². The highest BCUT2D eigenvalue weighted by Gasteiger charge is 2.37. The molecule has 0 atom stereocenters. The van der Waals surface area contributed by atoms with Gasteiger partial charge in [-0.2, -0.15) is 13.2 Å². The summed E-state index contributed by atoms with van der Waals surface area (Å²) in [5.41, 5.74) is 5.65. The Labute approximate surface area is 110 Å². The molecule has 0 radical (unpaired) electrons. The quantitative estimate of drug-likeness (QED) is 0.837. The number of carbonyl (C=O) groups excluding carboxylic acids is 1. The molecule has 0 aromatic rings. The Morgan fingerprint density at radius 3 is 2.16 bits per heavy atom. The first-order valence-electron chi connectivity index (χ1n) is 6.63. The van der Waals surface area contributed by atoms with Crippen LogP contribution in [0.5, 0.6) is 0 Å². The molecule has 2 fully saturated rings. The molecule has 2 rings (SSSR count). The molecule has 1 saturated carbocycles. The van der Waals surface area contributed by atoms with Gasteiger partial charge in [0.05, 0.1) is 6.54 Å². The predicted octanol–water partition coefficient (Wildman–Crippen LogP) is 0.964. The van der Waals surface area contributed by atoms with Crippen molar-refractivity contribution in [3.05, 3.63) is 0 Å². The number of hydrogen-bond acceptors (Lipinski definition) is 3. The van der Waals surface area contributed by atoms with Gasteiger partial charge in [-0.05, 0) is 19.3 Å². The number of halogens is 3. The number of hydrogen-bond donors (Lipinski definition) is 1. The van der Waals surface area contributed by atoms with Gasteiger partial charge < -0.3 is 10.6 Å². The van der Waals surface area contributed by atoms with Gasteiger partial charge in [-0.15, -0.1) is 0 Å². The maximum absolute atomic E-state index is 12.2. The lowest BCUT2D eigenvalue weighted by Crippen LogP contribution is -2.55. The van der Waals surface area contributed by atoms with Gasteiger partial charge in [-0.1, -0.05) is 0 Å². The second-order valence-corrected chi connectivity index (χ2v) is 5.66. The summed E-state index contributed by atoms with van der Waals surface area (Å²) in [6.45, 7) is 0.400. The van der Waals surface area contributed by atoms with Crippen LogP contribution in [-0.2, 0) is 4.79 Å². The lowest BCUT2D eigenvalue weighted by atomic mass is 9.75. The SMILES string of the molecule is NC1(CC(=O)N2CCN(CC(F)(F)F)CC2)CCC1. The number of alkyl halides is 3. The second-order valence-electron chi connectivity index (χ2n) is 5.66. The molecular formula is C12H20F3N3O. The van der Waals surface area contributed by atoms with Crippen molar-refractivity contribution in [2.75, 3.05) is 32.7 Å². The molecule has 1 aliphatic heterocycles. The average Bonchev–Trinajstić information content (AvgIpc) is 2.25. The van der Waals surface area contributed by atoms with Crippen molar-refractivity contribution in [2.45, 2.75) is 37.4 Å². The predicted molar refractivity (Wildman–Crippen MR) is 64.5 cm³/mol. The average molecular weight is 279 g/mol. The lowest BCUT2D eigenvalue weighted by molar-refractivity contribution is -0.152. The van der Waals surface area contributed by atoms with Crippen LogP contribution in [0.4, 0.5) is 13.2 Å². The number of piperazine rings is 1. The van der Waals surface area contributed by atoms with Crippen molar-refractivity contribution in [2.24, 2.45) is 5.73 Å². The van der Waals surface area contributed by atoms with Crippen LogP contribution in [0, 0.1) is 0 Å². The number of amides is 1. The molecule has 0 aromatic heterocycles. The minimum atomic E-state index is -4.17. The van der Waals surface area contributed by atoms with Crippen LogP contribution >= 0.6 is 0 Å². The Kier molecular flexibility index (Phi) is 4.06. The first-order valence-corrected chi connectivity index (χ1v) is 6.63. The van der Waals surface area contributed by atoms with Gasteiger partial charge in [-0.3, -0.25) is 9.69 Å². The van der Waals surface area contributed by atoms with Crippen LogP contribution in [0.1, 0.15) is 25.7 Å². The zero-order valence-corrected chi connectivity index (χ0v) is 10.9. The molecule has 110 valence electrons. The first-order chi connectivity index (χ1) is 8.77. The van der Waals surface area contributed by atoms with Crippen molar-refractivity contribution in [3.63, 3.8) is 0 Å². The van der Waals surface area contributed by atoms with Crippen molar-refractivity contribution in [1.29, 1.82) is 0 Å². The number of rotatable bonds is 3. The normalized spacial score (nSPS) is 24.1. The summed E-state index contributed by atoms with van der Waals surface area (Å²) in [6, 6.07) is 0. The summed E-state index contributed by atoms with van der Waals surface area (Å²) in [7, 11) is 0. The van der Waals surface area contributed by atoms with E-state index in [1.807, 2.05) is 0 Å². The van der Waals surface area contributed by atoms with Crippen LogP contribution < -0.4 is 5.73 Å². The molecule has 2 N–H and O–H groups in total. The molecule has 0 spiro atoms. The van der Waals surface area contributed by atoms with E-state index >= 15 is 0 Å². The molecule has 0 unspecified atom stereocenters. The number of nitrogens with zero attached hydrogens (tertiary/aromatic N) is 2. The van der Waals surface area contributed by atoms with E-state index in [9.17, 15) is 18.0 Å². The minimum Gasteiger partial charge on any atom is -0.340 e. The van der Waals surface area contributed by atoms with E-state index in [0.717, 1.165) is 19.3 Å². The number of carbonyl (C=O) groups is 1. The molecule has 1 heterocycles. The molecule has 19 heavy (non-hydrogen) atoms. The Morgan fingerprint density at radius 1 is 1.16 bits per heavy atom.